The second-order valence-electron chi connectivity index (χ2n) is 3.62. The zero-order valence-corrected chi connectivity index (χ0v) is 10.6. The Labute approximate surface area is 112 Å². The minimum Gasteiger partial charge on any atom is -0.319 e. The highest BCUT2D eigenvalue weighted by Crippen LogP contribution is 2.20. The molecule has 0 saturated carbocycles. The molecule has 1 aromatic carbocycles. The summed E-state index contributed by atoms with van der Waals surface area (Å²) in [7, 11) is -4.64. The molecule has 0 fully saturated rings. The predicted molar refractivity (Wildman–Crippen MR) is 64.0 cm³/mol. The number of anilines is 1. The van der Waals surface area contributed by atoms with Crippen LogP contribution in [0.1, 0.15) is 10.6 Å². The molecule has 2 rings (SSSR count). The third kappa shape index (κ3) is 2.79. The molecule has 106 valence electrons. The first kappa shape index (κ1) is 14.1. The summed E-state index contributed by atoms with van der Waals surface area (Å²) in [5.74, 6) is -4.11. The molecule has 1 amide bonds. The van der Waals surface area contributed by atoms with Crippen LogP contribution in [0, 0.1) is 0 Å². The van der Waals surface area contributed by atoms with Gasteiger partial charge in [-0.2, -0.15) is 13.9 Å². The Morgan fingerprint density at radius 3 is 2.40 bits per heavy atom. The van der Waals surface area contributed by atoms with Crippen LogP contribution in [-0.4, -0.2) is 35.3 Å². The molecule has 0 bridgehead atoms. The number of halogens is 2. The van der Waals surface area contributed by atoms with Gasteiger partial charge in [-0.05, 0) is 24.3 Å². The van der Waals surface area contributed by atoms with Gasteiger partial charge in [0.15, 0.2) is 0 Å². The van der Waals surface area contributed by atoms with E-state index in [1.807, 2.05) is 0 Å². The number of sulfone groups is 1. The van der Waals surface area contributed by atoms with Gasteiger partial charge in [-0.25, -0.2) is 13.4 Å². The maximum atomic E-state index is 12.3. The Morgan fingerprint density at radius 2 is 1.90 bits per heavy atom. The zero-order valence-electron chi connectivity index (χ0n) is 9.75. The van der Waals surface area contributed by atoms with Crippen molar-refractivity contribution >= 4 is 21.4 Å². The van der Waals surface area contributed by atoms with Crippen molar-refractivity contribution in [2.24, 2.45) is 0 Å². The molecular formula is C10H8F2N4O3S. The fourth-order valence-electron chi connectivity index (χ4n) is 1.34. The van der Waals surface area contributed by atoms with Crippen molar-refractivity contribution in [3.05, 3.63) is 36.4 Å². The molecule has 0 aliphatic rings. The van der Waals surface area contributed by atoms with Crippen molar-refractivity contribution in [3.8, 4) is 0 Å². The van der Waals surface area contributed by atoms with Crippen LogP contribution in [-0.2, 0) is 9.84 Å². The van der Waals surface area contributed by atoms with Crippen LogP contribution in [0.3, 0.4) is 0 Å². The average Bonchev–Trinajstić information content (AvgIpc) is 2.93. The summed E-state index contributed by atoms with van der Waals surface area (Å²) >= 11 is 0. The fourth-order valence-corrected chi connectivity index (χ4v) is 2.06. The topological polar surface area (TPSA) is 105 Å². The van der Waals surface area contributed by atoms with Gasteiger partial charge in [0.05, 0.1) is 4.90 Å². The maximum Gasteiger partial charge on any atom is 0.341 e. The first-order valence-electron chi connectivity index (χ1n) is 5.20. The highest BCUT2D eigenvalue weighted by Gasteiger charge is 2.26. The SMILES string of the molecule is O=C(Nc1ccc(S(=O)(=O)C(F)F)cc1)c1ncn[nH]1. The number of nitrogens with zero attached hydrogens (tertiary/aromatic N) is 2. The molecule has 0 saturated heterocycles. The lowest BCUT2D eigenvalue weighted by atomic mass is 10.3. The molecule has 1 heterocycles. The van der Waals surface area contributed by atoms with Gasteiger partial charge in [0.25, 0.3) is 5.91 Å². The number of aromatic nitrogens is 3. The number of aromatic amines is 1. The summed E-state index contributed by atoms with van der Waals surface area (Å²) in [4.78, 5) is 14.7. The lowest BCUT2D eigenvalue weighted by Gasteiger charge is -2.05. The van der Waals surface area contributed by atoms with Crippen molar-refractivity contribution in [2.45, 2.75) is 10.7 Å². The lowest BCUT2D eigenvalue weighted by molar-refractivity contribution is 0.101. The van der Waals surface area contributed by atoms with E-state index in [-0.39, 0.29) is 11.5 Å². The van der Waals surface area contributed by atoms with Crippen molar-refractivity contribution < 1.29 is 22.0 Å². The van der Waals surface area contributed by atoms with Gasteiger partial charge >= 0.3 is 5.76 Å². The molecule has 1 aromatic heterocycles. The Balaban J connectivity index is 2.15. The second-order valence-corrected chi connectivity index (χ2v) is 5.54. The van der Waals surface area contributed by atoms with Crippen LogP contribution in [0.2, 0.25) is 0 Å². The van der Waals surface area contributed by atoms with E-state index in [0.717, 1.165) is 18.5 Å². The Kier molecular flexibility index (Phi) is 3.74. The summed E-state index contributed by atoms with van der Waals surface area (Å²) in [6, 6.07) is 4.36. The van der Waals surface area contributed by atoms with Crippen LogP contribution in [0.15, 0.2) is 35.5 Å². The van der Waals surface area contributed by atoms with E-state index in [0.29, 0.717) is 0 Å². The number of alkyl halides is 2. The van der Waals surface area contributed by atoms with Crippen LogP contribution >= 0.6 is 0 Å². The van der Waals surface area contributed by atoms with Gasteiger partial charge in [0, 0.05) is 5.69 Å². The van der Waals surface area contributed by atoms with E-state index in [9.17, 15) is 22.0 Å². The first-order chi connectivity index (χ1) is 9.41. The maximum absolute atomic E-state index is 12.3. The van der Waals surface area contributed by atoms with E-state index < -0.39 is 26.4 Å². The fraction of sp³-hybridized carbons (Fsp3) is 0.100. The van der Waals surface area contributed by atoms with Crippen molar-refractivity contribution in [3.63, 3.8) is 0 Å². The molecule has 2 N–H and O–H groups in total. The van der Waals surface area contributed by atoms with E-state index in [1.54, 1.807) is 0 Å². The largest absolute Gasteiger partial charge is 0.341 e. The van der Waals surface area contributed by atoms with Gasteiger partial charge in [0.1, 0.15) is 6.33 Å². The minimum absolute atomic E-state index is 0.0331. The van der Waals surface area contributed by atoms with Crippen molar-refractivity contribution in [1.82, 2.24) is 15.2 Å². The third-order valence-electron chi connectivity index (χ3n) is 2.31. The van der Waals surface area contributed by atoms with Crippen LogP contribution < -0.4 is 5.32 Å². The zero-order chi connectivity index (χ0) is 14.8. The monoisotopic (exact) mass is 302 g/mol. The minimum atomic E-state index is -4.64. The number of nitrogens with one attached hydrogen (secondary N) is 2. The van der Waals surface area contributed by atoms with Crippen LogP contribution in [0.4, 0.5) is 14.5 Å². The number of carbonyl (C=O) groups excluding carboxylic acids is 1. The van der Waals surface area contributed by atoms with E-state index in [2.05, 4.69) is 20.5 Å². The summed E-state index contributed by atoms with van der Waals surface area (Å²) in [6.45, 7) is 0. The Morgan fingerprint density at radius 1 is 1.25 bits per heavy atom. The molecule has 0 spiro atoms. The Bertz CT molecular complexity index is 699. The summed E-state index contributed by atoms with van der Waals surface area (Å²) in [5, 5.41) is 8.23. The van der Waals surface area contributed by atoms with E-state index in [4.69, 9.17) is 0 Å². The first-order valence-corrected chi connectivity index (χ1v) is 6.75. The molecule has 0 atom stereocenters. The molecule has 0 radical (unpaired) electrons. The number of rotatable bonds is 4. The van der Waals surface area contributed by atoms with Gasteiger partial charge in [-0.3, -0.25) is 9.89 Å². The molecule has 7 nitrogen and oxygen atoms in total. The number of hydrogen-bond acceptors (Lipinski definition) is 5. The number of benzene rings is 1. The number of H-pyrrole nitrogens is 1. The number of hydrogen-bond donors (Lipinski definition) is 2. The number of carbonyl (C=O) groups is 1. The molecule has 0 unspecified atom stereocenters. The summed E-state index contributed by atoms with van der Waals surface area (Å²) < 4.78 is 47.0. The lowest BCUT2D eigenvalue weighted by Crippen LogP contribution is -2.14. The number of amides is 1. The van der Waals surface area contributed by atoms with E-state index >= 15 is 0 Å². The van der Waals surface area contributed by atoms with Crippen molar-refractivity contribution in [2.75, 3.05) is 5.32 Å². The predicted octanol–water partition coefficient (Wildman–Crippen LogP) is 1.05. The van der Waals surface area contributed by atoms with Crippen molar-refractivity contribution in [1.29, 1.82) is 0 Å². The smallest absolute Gasteiger partial charge is 0.319 e. The Hall–Kier alpha value is -2.36. The molecule has 0 aliphatic carbocycles. The molecular weight excluding hydrogens is 294 g/mol. The molecule has 2 aromatic rings. The molecule has 0 aliphatic heterocycles. The van der Waals surface area contributed by atoms with Crippen LogP contribution in [0.5, 0.6) is 0 Å². The molecule has 20 heavy (non-hydrogen) atoms. The van der Waals surface area contributed by atoms with Gasteiger partial charge in [-0.1, -0.05) is 0 Å². The summed E-state index contributed by atoms with van der Waals surface area (Å²) in [5.41, 5.74) is 0.236. The highest BCUT2D eigenvalue weighted by atomic mass is 32.2. The van der Waals surface area contributed by atoms with Gasteiger partial charge < -0.3 is 5.32 Å². The third-order valence-corrected chi connectivity index (χ3v) is 3.70. The van der Waals surface area contributed by atoms with Gasteiger partial charge in [0.2, 0.25) is 15.7 Å². The van der Waals surface area contributed by atoms with Crippen LogP contribution in [0.25, 0.3) is 0 Å². The standard InChI is InChI=1S/C10H8F2N4O3S/c11-10(12)20(18,19)7-3-1-6(2-4-7)15-9(17)8-13-5-14-16-8/h1-5,10H,(H,15,17)(H,13,14,16). The quantitative estimate of drug-likeness (QED) is 0.878. The summed E-state index contributed by atoms with van der Waals surface area (Å²) in [6.07, 6.45) is 1.15. The second kappa shape index (κ2) is 5.33. The average molecular weight is 302 g/mol. The molecule has 10 heteroatoms. The van der Waals surface area contributed by atoms with Gasteiger partial charge in [-0.15, -0.1) is 0 Å². The normalized spacial score (nSPS) is 11.6. The van der Waals surface area contributed by atoms with E-state index in [1.165, 1.54) is 12.1 Å². The highest BCUT2D eigenvalue weighted by molar-refractivity contribution is 7.91.